The summed E-state index contributed by atoms with van der Waals surface area (Å²) in [6.45, 7) is 2.19. The molecule has 2 fully saturated rings. The van der Waals surface area contributed by atoms with Crippen LogP contribution >= 0.6 is 0 Å². The minimum Gasteiger partial charge on any atom is -0.469 e. The van der Waals surface area contributed by atoms with Gasteiger partial charge in [0.05, 0.1) is 12.3 Å². The molecule has 0 aliphatic carbocycles. The van der Waals surface area contributed by atoms with Gasteiger partial charge in [0.25, 0.3) is 0 Å². The van der Waals surface area contributed by atoms with E-state index in [1.165, 1.54) is 0 Å². The molecule has 31 heavy (non-hydrogen) atoms. The number of hydrogen-bond donors (Lipinski definition) is 0. The second-order valence-electron chi connectivity index (χ2n) is 9.46. The minimum absolute atomic E-state index is 0.0288. The number of hydrogen-bond acceptors (Lipinski definition) is 3. The van der Waals surface area contributed by atoms with Gasteiger partial charge in [-0.2, -0.15) is 0 Å². The summed E-state index contributed by atoms with van der Waals surface area (Å²) in [5, 5.41) is 0. The number of aryl methyl sites for hydroxylation is 1. The third-order valence-corrected chi connectivity index (χ3v) is 7.58. The van der Waals surface area contributed by atoms with Crippen molar-refractivity contribution in [1.82, 2.24) is 9.80 Å². The summed E-state index contributed by atoms with van der Waals surface area (Å²) < 4.78 is 5.87. The van der Waals surface area contributed by atoms with Gasteiger partial charge in [0.15, 0.2) is 0 Å². The van der Waals surface area contributed by atoms with Crippen molar-refractivity contribution in [3.05, 3.63) is 35.8 Å². The Balaban J connectivity index is 1.55. The largest absolute Gasteiger partial charge is 0.469 e. The third kappa shape index (κ3) is 3.60. The maximum Gasteiger partial charge on any atom is 0.239 e. The predicted octanol–water partition coefficient (Wildman–Crippen LogP) is 4.04. The lowest BCUT2D eigenvalue weighted by molar-refractivity contribution is -0.157. The van der Waals surface area contributed by atoms with Gasteiger partial charge in [-0.05, 0) is 56.6 Å². The van der Waals surface area contributed by atoms with Gasteiger partial charge in [0, 0.05) is 44.8 Å². The second kappa shape index (κ2) is 8.57. The smallest absolute Gasteiger partial charge is 0.239 e. The van der Waals surface area contributed by atoms with Gasteiger partial charge in [-0.25, -0.2) is 0 Å². The summed E-state index contributed by atoms with van der Waals surface area (Å²) in [5.74, 6) is 7.36. The number of fused-ring (bicyclic) bond motifs is 8. The van der Waals surface area contributed by atoms with E-state index in [1.807, 2.05) is 9.80 Å². The van der Waals surface area contributed by atoms with Crippen LogP contribution in [-0.4, -0.2) is 47.3 Å². The van der Waals surface area contributed by atoms with Gasteiger partial charge in [-0.1, -0.05) is 12.2 Å². The number of furan rings is 1. The number of nitrogens with zero attached hydrogens (tertiary/aromatic N) is 2. The van der Waals surface area contributed by atoms with E-state index in [9.17, 15) is 9.59 Å². The van der Waals surface area contributed by atoms with Crippen molar-refractivity contribution in [3.8, 4) is 11.8 Å². The molecule has 0 aromatic carbocycles. The zero-order chi connectivity index (χ0) is 21.3. The molecule has 0 N–H and O–H groups in total. The van der Waals surface area contributed by atoms with Crippen LogP contribution in [0.3, 0.4) is 0 Å². The number of carbonyl (C=O) groups excluding carboxylic acids is 2. The molecule has 4 bridgehead atoms. The van der Waals surface area contributed by atoms with E-state index in [0.717, 1.165) is 82.2 Å². The van der Waals surface area contributed by atoms with Crippen LogP contribution < -0.4 is 0 Å². The van der Waals surface area contributed by atoms with Crippen molar-refractivity contribution in [1.29, 1.82) is 0 Å². The summed E-state index contributed by atoms with van der Waals surface area (Å²) in [4.78, 5) is 32.0. The molecule has 1 aromatic rings. The highest BCUT2D eigenvalue weighted by molar-refractivity contribution is 6.08. The van der Waals surface area contributed by atoms with Crippen molar-refractivity contribution in [3.63, 3.8) is 0 Å². The first-order valence-electron chi connectivity index (χ1n) is 12.0. The van der Waals surface area contributed by atoms with Gasteiger partial charge >= 0.3 is 0 Å². The Kier molecular flexibility index (Phi) is 5.65. The van der Waals surface area contributed by atoms with E-state index >= 15 is 0 Å². The highest BCUT2D eigenvalue weighted by Crippen LogP contribution is 2.53. The normalized spacial score (nSPS) is 32.5. The molecule has 2 amide bonds. The Hall–Kier alpha value is -2.48. The number of carbonyl (C=O) groups is 2. The zero-order valence-electron chi connectivity index (χ0n) is 18.3. The molecular weight excluding hydrogens is 388 g/mol. The summed E-state index contributed by atoms with van der Waals surface area (Å²) in [5.41, 5.74) is 0.0220. The van der Waals surface area contributed by atoms with Gasteiger partial charge in [0.1, 0.15) is 11.2 Å². The summed E-state index contributed by atoms with van der Waals surface area (Å²) >= 11 is 0. The molecule has 3 atom stereocenters. The topological polar surface area (TPSA) is 53.8 Å². The maximum absolute atomic E-state index is 14.0. The van der Waals surface area contributed by atoms with Crippen LogP contribution in [0.25, 0.3) is 0 Å². The maximum atomic E-state index is 14.0. The van der Waals surface area contributed by atoms with Gasteiger partial charge in [-0.3, -0.25) is 9.59 Å². The van der Waals surface area contributed by atoms with E-state index in [2.05, 4.69) is 30.1 Å². The first kappa shape index (κ1) is 20.4. The Labute approximate surface area is 184 Å². The zero-order valence-corrected chi connectivity index (χ0v) is 18.3. The van der Waals surface area contributed by atoms with Crippen molar-refractivity contribution >= 4 is 11.8 Å². The fraction of sp³-hybridized carbons (Fsp3) is 0.615. The van der Waals surface area contributed by atoms with Crippen molar-refractivity contribution in [2.45, 2.75) is 76.2 Å². The summed E-state index contributed by atoms with van der Waals surface area (Å²) in [6.07, 6.45) is 15.1. The van der Waals surface area contributed by atoms with Crippen molar-refractivity contribution in [2.24, 2.45) is 5.41 Å². The van der Waals surface area contributed by atoms with Crippen LogP contribution in [0, 0.1) is 17.3 Å². The van der Waals surface area contributed by atoms with Crippen LogP contribution in [0.5, 0.6) is 0 Å². The molecule has 1 aromatic heterocycles. The number of rotatable bonds is 0. The average molecular weight is 421 g/mol. The monoisotopic (exact) mass is 420 g/mol. The first-order valence-corrected chi connectivity index (χ1v) is 12.0. The fourth-order valence-corrected chi connectivity index (χ4v) is 5.96. The van der Waals surface area contributed by atoms with Gasteiger partial charge in [-0.15, -0.1) is 11.8 Å². The predicted molar refractivity (Wildman–Crippen MR) is 118 cm³/mol. The molecule has 164 valence electrons. The van der Waals surface area contributed by atoms with E-state index < -0.39 is 5.41 Å². The van der Waals surface area contributed by atoms with Crippen molar-refractivity contribution < 1.29 is 14.0 Å². The second-order valence-corrected chi connectivity index (χ2v) is 9.46. The Bertz CT molecular complexity index is 936. The average Bonchev–Trinajstić information content (AvgIpc) is 3.30. The Morgan fingerprint density at radius 1 is 1.00 bits per heavy atom. The molecule has 5 aliphatic rings. The van der Waals surface area contributed by atoms with E-state index in [0.29, 0.717) is 13.0 Å². The molecular formula is C26H32N2O3. The highest BCUT2D eigenvalue weighted by Gasteiger charge is 2.63. The standard InChI is InChI=1S/C26H32N2O3/c29-24-26(18-21-11-7-4-6-10-15-28(21)25(26)30)23-13-16-27(24)14-9-5-2-1-3-8-12-22-17-20(23)19-31-22/h7,11,17,19,21,23H,2,4-6,8-10,12-16,18H2/b11-7-/t21-,23+,26+/m0/s1. The van der Waals surface area contributed by atoms with Crippen LogP contribution in [0.15, 0.2) is 28.9 Å². The molecule has 0 saturated carbocycles. The molecule has 0 unspecified atom stereocenters. The summed E-state index contributed by atoms with van der Waals surface area (Å²) in [6, 6.07) is 2.11. The van der Waals surface area contributed by atoms with Crippen LogP contribution in [-0.2, 0) is 16.0 Å². The molecule has 5 nitrogen and oxygen atoms in total. The quantitative estimate of drug-likeness (QED) is 0.362. The van der Waals surface area contributed by atoms with Crippen LogP contribution in [0.4, 0.5) is 0 Å². The minimum atomic E-state index is -0.991. The highest BCUT2D eigenvalue weighted by atomic mass is 16.3. The van der Waals surface area contributed by atoms with Crippen LogP contribution in [0.2, 0.25) is 0 Å². The first-order chi connectivity index (χ1) is 15.2. The van der Waals surface area contributed by atoms with Crippen LogP contribution in [0.1, 0.15) is 75.0 Å². The molecule has 0 radical (unpaired) electrons. The lowest BCUT2D eigenvalue weighted by Gasteiger charge is -2.43. The molecule has 5 heteroatoms. The van der Waals surface area contributed by atoms with E-state index in [4.69, 9.17) is 4.42 Å². The van der Waals surface area contributed by atoms with E-state index in [-0.39, 0.29) is 23.8 Å². The van der Waals surface area contributed by atoms with Gasteiger partial charge < -0.3 is 14.2 Å². The lowest BCUT2D eigenvalue weighted by Crippen LogP contribution is -2.56. The molecule has 6 heterocycles. The molecule has 6 rings (SSSR count). The Morgan fingerprint density at radius 3 is 2.81 bits per heavy atom. The third-order valence-electron chi connectivity index (χ3n) is 7.58. The SMILES string of the molecule is O=C1N2CCCCC#CCCc3cc(co3)[C@@H](CC2)[C@]12C[C@@H]1/C=C\CCCCN1C2=O. The van der Waals surface area contributed by atoms with Crippen molar-refractivity contribution in [2.75, 3.05) is 19.6 Å². The number of piperidine rings is 1. The fourth-order valence-electron chi connectivity index (χ4n) is 5.96. The number of amides is 2. The molecule has 2 saturated heterocycles. The van der Waals surface area contributed by atoms with E-state index in [1.54, 1.807) is 6.26 Å². The number of allylic oxidation sites excluding steroid dienone is 1. The molecule has 1 spiro atoms. The van der Waals surface area contributed by atoms with Gasteiger partial charge in [0.2, 0.25) is 11.8 Å². The molecule has 5 aliphatic heterocycles. The lowest BCUT2D eigenvalue weighted by atomic mass is 9.65. The Morgan fingerprint density at radius 2 is 1.87 bits per heavy atom. The summed E-state index contributed by atoms with van der Waals surface area (Å²) in [7, 11) is 0.